The molecule has 0 atom stereocenters. The second-order valence-electron chi connectivity index (χ2n) is 5.79. The Balaban J connectivity index is 1.41. The maximum absolute atomic E-state index is 5.67. The summed E-state index contributed by atoms with van der Waals surface area (Å²) in [6.07, 6.45) is 0. The van der Waals surface area contributed by atoms with Crippen LogP contribution in [-0.2, 0) is 0 Å². The fraction of sp³-hybridized carbons (Fsp3) is 0.238. The highest BCUT2D eigenvalue weighted by atomic mass is 32.1. The van der Waals surface area contributed by atoms with E-state index in [1.165, 1.54) is 0 Å². The predicted molar refractivity (Wildman–Crippen MR) is 109 cm³/mol. The summed E-state index contributed by atoms with van der Waals surface area (Å²) >= 11 is 1.63. The van der Waals surface area contributed by atoms with E-state index in [1.807, 2.05) is 55.6 Å². The maximum Gasteiger partial charge on any atom is 0.160 e. The van der Waals surface area contributed by atoms with Crippen LogP contribution in [0.25, 0.3) is 0 Å². The van der Waals surface area contributed by atoms with Gasteiger partial charge < -0.3 is 19.0 Å². The predicted octanol–water partition coefficient (Wildman–Crippen LogP) is 5.99. The number of ether oxygens (including phenoxy) is 3. The molecule has 0 unspecified atom stereocenters. The van der Waals surface area contributed by atoms with Crippen molar-refractivity contribution in [1.29, 1.82) is 0 Å². The standard InChI is InChI=1S/C21H22N2O4S/c1-3-24-18-8-10-20(11-9-18)27-23-22-17-4-6-19(7-5-17)25-12-13-26-21-15-28-14-16(21)2/h4-11,14-15H,3,12-13H2,1-2H3. The second-order valence-corrected chi connectivity index (χ2v) is 6.53. The SMILES string of the molecule is CCOc1ccc(ON=Nc2ccc(OCCOc3cscc3C)cc2)cc1. The molecule has 0 amide bonds. The zero-order valence-corrected chi connectivity index (χ0v) is 16.6. The highest BCUT2D eigenvalue weighted by molar-refractivity contribution is 7.08. The Morgan fingerprint density at radius 3 is 2.11 bits per heavy atom. The summed E-state index contributed by atoms with van der Waals surface area (Å²) in [5.74, 6) is 3.04. The molecule has 3 aromatic rings. The van der Waals surface area contributed by atoms with Crippen LogP contribution in [0.5, 0.6) is 23.0 Å². The third-order valence-corrected chi connectivity index (χ3v) is 4.53. The van der Waals surface area contributed by atoms with E-state index in [0.717, 1.165) is 22.8 Å². The van der Waals surface area contributed by atoms with Crippen molar-refractivity contribution in [3.63, 3.8) is 0 Å². The lowest BCUT2D eigenvalue weighted by Crippen LogP contribution is -2.08. The van der Waals surface area contributed by atoms with Gasteiger partial charge in [0, 0.05) is 16.2 Å². The van der Waals surface area contributed by atoms with Gasteiger partial charge in [0.1, 0.15) is 30.5 Å². The topological polar surface area (TPSA) is 61.6 Å². The summed E-state index contributed by atoms with van der Waals surface area (Å²) in [6.45, 7) is 5.56. The quantitative estimate of drug-likeness (QED) is 0.239. The number of benzene rings is 2. The number of nitrogens with zero attached hydrogens (tertiary/aromatic N) is 2. The van der Waals surface area contributed by atoms with Gasteiger partial charge in [-0.15, -0.1) is 16.5 Å². The first kappa shape index (κ1) is 19.7. The Hall–Kier alpha value is -3.06. The van der Waals surface area contributed by atoms with Gasteiger partial charge >= 0.3 is 0 Å². The van der Waals surface area contributed by atoms with Gasteiger partial charge in [-0.1, -0.05) is 0 Å². The van der Waals surface area contributed by atoms with E-state index in [4.69, 9.17) is 19.0 Å². The molecular weight excluding hydrogens is 376 g/mol. The Labute approximate surface area is 168 Å². The number of hydrogen-bond donors (Lipinski definition) is 0. The van der Waals surface area contributed by atoms with E-state index >= 15 is 0 Å². The van der Waals surface area contributed by atoms with Crippen molar-refractivity contribution in [1.82, 2.24) is 0 Å². The molecule has 0 spiro atoms. The van der Waals surface area contributed by atoms with Crippen LogP contribution in [0.2, 0.25) is 0 Å². The fourth-order valence-corrected chi connectivity index (χ4v) is 3.06. The molecule has 0 aliphatic rings. The molecule has 3 rings (SSSR count). The van der Waals surface area contributed by atoms with Crippen LogP contribution >= 0.6 is 11.3 Å². The zero-order valence-electron chi connectivity index (χ0n) is 15.8. The van der Waals surface area contributed by atoms with Gasteiger partial charge in [-0.2, -0.15) is 0 Å². The van der Waals surface area contributed by atoms with Crippen LogP contribution in [0.1, 0.15) is 12.5 Å². The molecule has 7 heteroatoms. The second kappa shape index (κ2) is 10.3. The third kappa shape index (κ3) is 5.99. The van der Waals surface area contributed by atoms with E-state index in [2.05, 4.69) is 15.8 Å². The van der Waals surface area contributed by atoms with Crippen LogP contribution in [0.4, 0.5) is 5.69 Å². The molecule has 1 aromatic heterocycles. The molecule has 0 N–H and O–H groups in total. The Morgan fingerprint density at radius 2 is 1.43 bits per heavy atom. The van der Waals surface area contributed by atoms with Crippen molar-refractivity contribution in [3.05, 3.63) is 64.9 Å². The van der Waals surface area contributed by atoms with Gasteiger partial charge in [0.05, 0.1) is 12.3 Å². The summed E-state index contributed by atoms with van der Waals surface area (Å²) in [6, 6.07) is 14.5. The number of thiophene rings is 1. The monoisotopic (exact) mass is 398 g/mol. The molecule has 0 saturated carbocycles. The molecule has 2 aromatic carbocycles. The summed E-state index contributed by atoms with van der Waals surface area (Å²) in [5, 5.41) is 11.8. The average molecular weight is 398 g/mol. The van der Waals surface area contributed by atoms with Crippen molar-refractivity contribution in [3.8, 4) is 23.0 Å². The van der Waals surface area contributed by atoms with Gasteiger partial charge in [-0.3, -0.25) is 0 Å². The number of hydrogen-bond acceptors (Lipinski definition) is 7. The van der Waals surface area contributed by atoms with E-state index in [0.29, 0.717) is 31.3 Å². The summed E-state index contributed by atoms with van der Waals surface area (Å²) < 4.78 is 16.7. The molecule has 0 radical (unpaired) electrons. The van der Waals surface area contributed by atoms with Crippen LogP contribution in [0.3, 0.4) is 0 Å². The highest BCUT2D eigenvalue weighted by Crippen LogP contribution is 2.23. The van der Waals surface area contributed by atoms with Gasteiger partial charge in [-0.05, 0) is 67.8 Å². The molecule has 1 heterocycles. The minimum atomic E-state index is 0.469. The Kier molecular flexibility index (Phi) is 7.26. The molecule has 0 aliphatic heterocycles. The van der Waals surface area contributed by atoms with Gasteiger partial charge in [0.2, 0.25) is 0 Å². The van der Waals surface area contributed by atoms with Crippen molar-refractivity contribution >= 4 is 17.0 Å². The van der Waals surface area contributed by atoms with Crippen molar-refractivity contribution in [2.24, 2.45) is 10.4 Å². The van der Waals surface area contributed by atoms with Crippen molar-refractivity contribution < 1.29 is 19.0 Å². The Bertz CT molecular complexity index is 876. The van der Waals surface area contributed by atoms with Gasteiger partial charge in [0.15, 0.2) is 5.75 Å². The molecule has 28 heavy (non-hydrogen) atoms. The first-order chi connectivity index (χ1) is 13.7. The van der Waals surface area contributed by atoms with Crippen LogP contribution in [0.15, 0.2) is 69.7 Å². The lowest BCUT2D eigenvalue weighted by atomic mass is 10.3. The maximum atomic E-state index is 5.67. The van der Waals surface area contributed by atoms with Gasteiger partial charge in [0.25, 0.3) is 0 Å². The third-order valence-electron chi connectivity index (χ3n) is 3.69. The number of rotatable bonds is 10. The first-order valence-electron chi connectivity index (χ1n) is 8.94. The lowest BCUT2D eigenvalue weighted by Gasteiger charge is -2.08. The summed E-state index contributed by atoms with van der Waals surface area (Å²) in [7, 11) is 0. The van der Waals surface area contributed by atoms with E-state index < -0.39 is 0 Å². The van der Waals surface area contributed by atoms with Crippen LogP contribution in [-0.4, -0.2) is 19.8 Å². The largest absolute Gasteiger partial charge is 0.494 e. The minimum absolute atomic E-state index is 0.469. The fourth-order valence-electron chi connectivity index (χ4n) is 2.30. The lowest BCUT2D eigenvalue weighted by molar-refractivity contribution is 0.217. The zero-order chi connectivity index (χ0) is 19.6. The van der Waals surface area contributed by atoms with E-state index in [-0.39, 0.29) is 0 Å². The van der Waals surface area contributed by atoms with E-state index in [9.17, 15) is 0 Å². The van der Waals surface area contributed by atoms with E-state index in [1.54, 1.807) is 23.5 Å². The molecule has 0 aliphatic carbocycles. The number of aryl methyl sites for hydroxylation is 1. The molecular formula is C21H22N2O4S. The summed E-state index contributed by atoms with van der Waals surface area (Å²) in [5.41, 5.74) is 1.82. The van der Waals surface area contributed by atoms with Crippen molar-refractivity contribution in [2.45, 2.75) is 13.8 Å². The average Bonchev–Trinajstić information content (AvgIpc) is 3.13. The smallest absolute Gasteiger partial charge is 0.160 e. The van der Waals surface area contributed by atoms with Crippen molar-refractivity contribution in [2.75, 3.05) is 19.8 Å². The van der Waals surface area contributed by atoms with Gasteiger partial charge in [-0.25, -0.2) is 0 Å². The van der Waals surface area contributed by atoms with Crippen LogP contribution in [0, 0.1) is 6.92 Å². The molecule has 0 fully saturated rings. The molecule has 146 valence electrons. The molecule has 0 saturated heterocycles. The molecule has 6 nitrogen and oxygen atoms in total. The normalized spacial score (nSPS) is 10.8. The minimum Gasteiger partial charge on any atom is -0.494 e. The first-order valence-corrected chi connectivity index (χ1v) is 9.88. The highest BCUT2D eigenvalue weighted by Gasteiger charge is 2.01. The molecule has 0 bridgehead atoms. The van der Waals surface area contributed by atoms with Crippen LogP contribution < -0.4 is 19.0 Å². The summed E-state index contributed by atoms with van der Waals surface area (Å²) in [4.78, 5) is 5.25. The Morgan fingerprint density at radius 1 is 0.786 bits per heavy atom.